The highest BCUT2D eigenvalue weighted by Crippen LogP contribution is 2.13. The van der Waals surface area contributed by atoms with E-state index in [2.05, 4.69) is 0 Å². The Kier molecular flexibility index (Phi) is 5.19. The number of aryl methyl sites for hydroxylation is 2. The van der Waals surface area contributed by atoms with E-state index in [9.17, 15) is 18.0 Å². The van der Waals surface area contributed by atoms with Crippen molar-refractivity contribution in [3.05, 3.63) is 64.7 Å². The van der Waals surface area contributed by atoms with Crippen molar-refractivity contribution < 1.29 is 22.7 Å². The fourth-order valence-electron chi connectivity index (χ4n) is 2.17. The molecule has 0 N–H and O–H groups in total. The molecule has 0 saturated heterocycles. The van der Waals surface area contributed by atoms with E-state index in [1.54, 1.807) is 6.07 Å². The van der Waals surface area contributed by atoms with Gasteiger partial charge >= 0.3 is 5.97 Å². The van der Waals surface area contributed by atoms with Gasteiger partial charge in [0.05, 0.1) is 10.5 Å². The minimum atomic E-state index is -3.32. The molecule has 0 aliphatic heterocycles. The first-order chi connectivity index (χ1) is 11.2. The lowest BCUT2D eigenvalue weighted by Gasteiger charge is -2.08. The maximum absolute atomic E-state index is 12.2. The maximum Gasteiger partial charge on any atom is 0.338 e. The van der Waals surface area contributed by atoms with Gasteiger partial charge in [-0.15, -0.1) is 0 Å². The number of rotatable bonds is 5. The lowest BCUT2D eigenvalue weighted by Crippen LogP contribution is -2.15. The molecule has 0 unspecified atom stereocenters. The normalized spacial score (nSPS) is 11.1. The van der Waals surface area contributed by atoms with E-state index in [0.717, 1.165) is 17.4 Å². The van der Waals surface area contributed by atoms with Crippen molar-refractivity contribution in [3.8, 4) is 0 Å². The summed E-state index contributed by atoms with van der Waals surface area (Å²) >= 11 is 0. The van der Waals surface area contributed by atoms with E-state index in [1.165, 1.54) is 24.3 Å². The Morgan fingerprint density at radius 2 is 1.62 bits per heavy atom. The van der Waals surface area contributed by atoms with Crippen LogP contribution in [0.4, 0.5) is 0 Å². The van der Waals surface area contributed by atoms with Crippen molar-refractivity contribution in [2.45, 2.75) is 18.7 Å². The Bertz CT molecular complexity index is 880. The van der Waals surface area contributed by atoms with E-state index < -0.39 is 15.8 Å². The highest BCUT2D eigenvalue weighted by Gasteiger charge is 2.15. The molecule has 0 radical (unpaired) electrons. The summed E-state index contributed by atoms with van der Waals surface area (Å²) in [7, 11) is -3.32. The van der Waals surface area contributed by atoms with Crippen molar-refractivity contribution in [2.24, 2.45) is 0 Å². The van der Waals surface area contributed by atoms with Crippen molar-refractivity contribution in [1.82, 2.24) is 0 Å². The van der Waals surface area contributed by atoms with Gasteiger partial charge in [-0.05, 0) is 49.7 Å². The first kappa shape index (κ1) is 17.9. The van der Waals surface area contributed by atoms with Crippen LogP contribution in [-0.4, -0.2) is 33.0 Å². The molecule has 0 aromatic heterocycles. The predicted octanol–water partition coefficient (Wildman–Crippen LogP) is 2.75. The average Bonchev–Trinajstić information content (AvgIpc) is 2.53. The third-order valence-electron chi connectivity index (χ3n) is 3.55. The SMILES string of the molecule is Cc1ccc(C)c(C(=O)COC(=O)c2ccc(S(C)(=O)=O)cc2)c1. The summed E-state index contributed by atoms with van der Waals surface area (Å²) in [5.41, 5.74) is 2.48. The Balaban J connectivity index is 2.05. The van der Waals surface area contributed by atoms with Crippen LogP contribution in [0.25, 0.3) is 0 Å². The maximum atomic E-state index is 12.2. The molecule has 2 rings (SSSR count). The Hall–Kier alpha value is -2.47. The molecule has 0 spiro atoms. The molecule has 2 aromatic carbocycles. The van der Waals surface area contributed by atoms with Crippen LogP contribution in [0, 0.1) is 13.8 Å². The molecule has 0 aliphatic carbocycles. The number of carbonyl (C=O) groups excluding carboxylic acids is 2. The first-order valence-corrected chi connectivity index (χ1v) is 9.15. The molecule has 0 amide bonds. The van der Waals surface area contributed by atoms with E-state index in [1.807, 2.05) is 26.0 Å². The molecule has 0 atom stereocenters. The fourth-order valence-corrected chi connectivity index (χ4v) is 2.80. The number of ether oxygens (including phenoxy) is 1. The molecule has 0 heterocycles. The number of sulfone groups is 1. The third kappa shape index (κ3) is 4.29. The zero-order valence-electron chi connectivity index (χ0n) is 13.7. The van der Waals surface area contributed by atoms with Gasteiger partial charge < -0.3 is 4.74 Å². The van der Waals surface area contributed by atoms with Crippen LogP contribution in [0.1, 0.15) is 31.8 Å². The number of carbonyl (C=O) groups is 2. The van der Waals surface area contributed by atoms with Gasteiger partial charge in [0.1, 0.15) is 0 Å². The van der Waals surface area contributed by atoms with Gasteiger partial charge in [0, 0.05) is 11.8 Å². The number of ketones is 1. The van der Waals surface area contributed by atoms with Crippen molar-refractivity contribution in [1.29, 1.82) is 0 Å². The summed E-state index contributed by atoms with van der Waals surface area (Å²) in [6, 6.07) is 10.9. The van der Waals surface area contributed by atoms with Crippen molar-refractivity contribution >= 4 is 21.6 Å². The molecule has 6 heteroatoms. The van der Waals surface area contributed by atoms with Crippen LogP contribution in [-0.2, 0) is 14.6 Å². The molecule has 5 nitrogen and oxygen atoms in total. The molecular formula is C18H18O5S. The largest absolute Gasteiger partial charge is 0.454 e. The fraction of sp³-hybridized carbons (Fsp3) is 0.222. The molecule has 24 heavy (non-hydrogen) atoms. The molecular weight excluding hydrogens is 328 g/mol. The second-order valence-electron chi connectivity index (χ2n) is 5.61. The molecule has 2 aromatic rings. The van der Waals surface area contributed by atoms with E-state index in [4.69, 9.17) is 4.74 Å². The summed E-state index contributed by atoms with van der Waals surface area (Å²) in [5, 5.41) is 0. The van der Waals surface area contributed by atoms with Gasteiger partial charge in [0.2, 0.25) is 5.78 Å². The lowest BCUT2D eigenvalue weighted by atomic mass is 10.0. The van der Waals surface area contributed by atoms with Crippen molar-refractivity contribution in [2.75, 3.05) is 12.9 Å². The monoisotopic (exact) mass is 346 g/mol. The minimum Gasteiger partial charge on any atom is -0.454 e. The van der Waals surface area contributed by atoms with Crippen LogP contribution in [0.2, 0.25) is 0 Å². The summed E-state index contributed by atoms with van der Waals surface area (Å²) in [6.45, 7) is 3.33. The van der Waals surface area contributed by atoms with Crippen LogP contribution < -0.4 is 0 Å². The molecule has 0 fully saturated rings. The standard InChI is InChI=1S/C18H18O5S/c1-12-4-5-13(2)16(10-12)17(19)11-23-18(20)14-6-8-15(9-7-14)24(3,21)22/h4-10H,11H2,1-3H3. The molecule has 0 saturated carbocycles. The summed E-state index contributed by atoms with van der Waals surface area (Å²) in [5.74, 6) is -0.953. The summed E-state index contributed by atoms with van der Waals surface area (Å²) in [6.07, 6.45) is 1.09. The molecule has 126 valence electrons. The van der Waals surface area contributed by atoms with Gasteiger partial charge in [0.25, 0.3) is 0 Å². The van der Waals surface area contributed by atoms with Gasteiger partial charge in [-0.2, -0.15) is 0 Å². The number of Topliss-reactive ketones (excluding diaryl/α,β-unsaturated/α-hetero) is 1. The van der Waals surface area contributed by atoms with Crippen LogP contribution in [0.5, 0.6) is 0 Å². The lowest BCUT2D eigenvalue weighted by molar-refractivity contribution is 0.0474. The zero-order chi connectivity index (χ0) is 17.9. The van der Waals surface area contributed by atoms with E-state index >= 15 is 0 Å². The second kappa shape index (κ2) is 6.97. The Morgan fingerprint density at radius 3 is 2.21 bits per heavy atom. The molecule has 0 aliphatic rings. The van der Waals surface area contributed by atoms with Crippen LogP contribution in [0.3, 0.4) is 0 Å². The van der Waals surface area contributed by atoms with Gasteiger partial charge in [-0.25, -0.2) is 13.2 Å². The number of benzene rings is 2. The minimum absolute atomic E-state index is 0.116. The van der Waals surface area contributed by atoms with Gasteiger partial charge in [-0.1, -0.05) is 17.7 Å². The number of esters is 1. The van der Waals surface area contributed by atoms with Crippen LogP contribution in [0.15, 0.2) is 47.4 Å². The van der Waals surface area contributed by atoms with Crippen LogP contribution >= 0.6 is 0 Å². The van der Waals surface area contributed by atoms with E-state index in [-0.39, 0.29) is 22.8 Å². The highest BCUT2D eigenvalue weighted by atomic mass is 32.2. The Morgan fingerprint density at radius 1 is 1.00 bits per heavy atom. The van der Waals surface area contributed by atoms with Crippen molar-refractivity contribution in [3.63, 3.8) is 0 Å². The van der Waals surface area contributed by atoms with Gasteiger partial charge in [-0.3, -0.25) is 4.79 Å². The highest BCUT2D eigenvalue weighted by molar-refractivity contribution is 7.90. The predicted molar refractivity (Wildman–Crippen MR) is 90.1 cm³/mol. The summed E-state index contributed by atoms with van der Waals surface area (Å²) < 4.78 is 27.8. The second-order valence-corrected chi connectivity index (χ2v) is 7.63. The third-order valence-corrected chi connectivity index (χ3v) is 4.67. The van der Waals surface area contributed by atoms with Gasteiger partial charge in [0.15, 0.2) is 16.4 Å². The number of hydrogen-bond donors (Lipinski definition) is 0. The Labute approximate surface area is 141 Å². The molecule has 0 bridgehead atoms. The summed E-state index contributed by atoms with van der Waals surface area (Å²) in [4.78, 5) is 24.3. The number of hydrogen-bond acceptors (Lipinski definition) is 5. The average molecular weight is 346 g/mol. The smallest absolute Gasteiger partial charge is 0.338 e. The van der Waals surface area contributed by atoms with E-state index in [0.29, 0.717) is 5.56 Å². The topological polar surface area (TPSA) is 77.5 Å². The zero-order valence-corrected chi connectivity index (χ0v) is 14.5. The quantitative estimate of drug-likeness (QED) is 0.614. The first-order valence-electron chi connectivity index (χ1n) is 7.26.